The molecule has 0 aliphatic heterocycles. The maximum Gasteiger partial charge on any atom is 0.0613 e. The third kappa shape index (κ3) is 7.98. The first kappa shape index (κ1) is 11.9. The van der Waals surface area contributed by atoms with Crippen LogP contribution in [-0.2, 0) is 4.74 Å². The first-order valence-electron chi connectivity index (χ1n) is 4.50. The van der Waals surface area contributed by atoms with Crippen molar-refractivity contribution in [2.75, 3.05) is 13.2 Å². The standard InChI is InChI=1S/C9H21NO2/c1-8(4-6-10)12-7-5-9(2,3)11/h8,11H,4-7,10H2,1-3H3. The van der Waals surface area contributed by atoms with Gasteiger partial charge in [0.15, 0.2) is 0 Å². The summed E-state index contributed by atoms with van der Waals surface area (Å²) in [5.74, 6) is 0. The highest BCUT2D eigenvalue weighted by Gasteiger charge is 2.12. The molecule has 3 heteroatoms. The van der Waals surface area contributed by atoms with Gasteiger partial charge < -0.3 is 15.6 Å². The van der Waals surface area contributed by atoms with Crippen LogP contribution in [0.25, 0.3) is 0 Å². The first-order valence-corrected chi connectivity index (χ1v) is 4.50. The zero-order valence-electron chi connectivity index (χ0n) is 8.34. The SMILES string of the molecule is CC(CCN)OCCC(C)(C)O. The van der Waals surface area contributed by atoms with E-state index in [1.807, 2.05) is 6.92 Å². The van der Waals surface area contributed by atoms with Gasteiger partial charge in [0.2, 0.25) is 0 Å². The highest BCUT2D eigenvalue weighted by atomic mass is 16.5. The van der Waals surface area contributed by atoms with Gasteiger partial charge in [0.25, 0.3) is 0 Å². The molecule has 0 radical (unpaired) electrons. The Labute approximate surface area is 74.9 Å². The van der Waals surface area contributed by atoms with Gasteiger partial charge in [-0.1, -0.05) is 0 Å². The van der Waals surface area contributed by atoms with Crippen LogP contribution < -0.4 is 5.73 Å². The number of nitrogens with two attached hydrogens (primary N) is 1. The third-order valence-corrected chi connectivity index (χ3v) is 1.69. The zero-order chi connectivity index (χ0) is 9.61. The lowest BCUT2D eigenvalue weighted by atomic mass is 10.1. The van der Waals surface area contributed by atoms with Crippen LogP contribution >= 0.6 is 0 Å². The topological polar surface area (TPSA) is 55.5 Å². The predicted molar refractivity (Wildman–Crippen MR) is 50.0 cm³/mol. The second-order valence-electron chi connectivity index (χ2n) is 3.82. The fourth-order valence-corrected chi connectivity index (χ4v) is 0.828. The molecule has 0 spiro atoms. The summed E-state index contributed by atoms with van der Waals surface area (Å²) in [4.78, 5) is 0. The maximum absolute atomic E-state index is 9.36. The van der Waals surface area contributed by atoms with E-state index < -0.39 is 5.60 Å². The van der Waals surface area contributed by atoms with Gasteiger partial charge in [-0.05, 0) is 40.2 Å². The van der Waals surface area contributed by atoms with Crippen molar-refractivity contribution < 1.29 is 9.84 Å². The lowest BCUT2D eigenvalue weighted by Crippen LogP contribution is -2.23. The molecule has 0 aliphatic rings. The van der Waals surface area contributed by atoms with Gasteiger partial charge in [-0.25, -0.2) is 0 Å². The van der Waals surface area contributed by atoms with Gasteiger partial charge in [0.05, 0.1) is 11.7 Å². The number of rotatable bonds is 6. The van der Waals surface area contributed by atoms with Crippen LogP contribution in [0.3, 0.4) is 0 Å². The molecule has 0 saturated heterocycles. The molecule has 0 heterocycles. The van der Waals surface area contributed by atoms with Crippen LogP contribution in [0.15, 0.2) is 0 Å². The zero-order valence-corrected chi connectivity index (χ0v) is 8.34. The van der Waals surface area contributed by atoms with Gasteiger partial charge in [-0.15, -0.1) is 0 Å². The molecule has 3 nitrogen and oxygen atoms in total. The summed E-state index contributed by atoms with van der Waals surface area (Å²) in [7, 11) is 0. The van der Waals surface area contributed by atoms with Crippen molar-refractivity contribution in [1.82, 2.24) is 0 Å². The quantitative estimate of drug-likeness (QED) is 0.630. The van der Waals surface area contributed by atoms with E-state index in [1.54, 1.807) is 13.8 Å². The molecule has 0 rings (SSSR count). The minimum absolute atomic E-state index is 0.206. The highest BCUT2D eigenvalue weighted by molar-refractivity contribution is 4.64. The monoisotopic (exact) mass is 175 g/mol. The van der Waals surface area contributed by atoms with E-state index in [0.717, 1.165) is 6.42 Å². The van der Waals surface area contributed by atoms with Crippen molar-refractivity contribution >= 4 is 0 Å². The van der Waals surface area contributed by atoms with E-state index in [2.05, 4.69) is 0 Å². The summed E-state index contributed by atoms with van der Waals surface area (Å²) in [6.45, 7) is 6.82. The molecule has 12 heavy (non-hydrogen) atoms. The normalized spacial score (nSPS) is 14.8. The Balaban J connectivity index is 3.31. The molecule has 0 aromatic heterocycles. The molecular weight excluding hydrogens is 154 g/mol. The van der Waals surface area contributed by atoms with E-state index in [0.29, 0.717) is 19.6 Å². The van der Waals surface area contributed by atoms with Crippen molar-refractivity contribution in [3.05, 3.63) is 0 Å². The molecule has 1 unspecified atom stereocenters. The minimum Gasteiger partial charge on any atom is -0.390 e. The third-order valence-electron chi connectivity index (χ3n) is 1.69. The molecule has 0 aliphatic carbocycles. The first-order chi connectivity index (χ1) is 5.45. The fourth-order valence-electron chi connectivity index (χ4n) is 0.828. The maximum atomic E-state index is 9.36. The molecule has 0 saturated carbocycles. The summed E-state index contributed by atoms with van der Waals surface area (Å²) < 4.78 is 5.42. The van der Waals surface area contributed by atoms with E-state index in [-0.39, 0.29) is 6.10 Å². The van der Waals surface area contributed by atoms with E-state index in [1.165, 1.54) is 0 Å². The van der Waals surface area contributed by atoms with E-state index >= 15 is 0 Å². The Kier molecular flexibility index (Phi) is 5.46. The molecule has 0 aromatic carbocycles. The number of aliphatic hydroxyl groups is 1. The Morgan fingerprint density at radius 3 is 2.50 bits per heavy atom. The highest BCUT2D eigenvalue weighted by Crippen LogP contribution is 2.08. The van der Waals surface area contributed by atoms with Gasteiger partial charge >= 0.3 is 0 Å². The number of hydrogen-bond donors (Lipinski definition) is 2. The lowest BCUT2D eigenvalue weighted by molar-refractivity contribution is 0.00277. The average Bonchev–Trinajstić information content (AvgIpc) is 1.84. The number of ether oxygens (including phenoxy) is 1. The van der Waals surface area contributed by atoms with Crippen molar-refractivity contribution in [2.24, 2.45) is 5.73 Å². The Hall–Kier alpha value is -0.120. The summed E-state index contributed by atoms with van der Waals surface area (Å²) in [5.41, 5.74) is 4.73. The lowest BCUT2D eigenvalue weighted by Gasteiger charge is -2.18. The molecule has 3 N–H and O–H groups in total. The van der Waals surface area contributed by atoms with Crippen LogP contribution in [0.2, 0.25) is 0 Å². The van der Waals surface area contributed by atoms with E-state index in [9.17, 15) is 5.11 Å². The summed E-state index contributed by atoms with van der Waals surface area (Å²) in [6, 6.07) is 0. The largest absolute Gasteiger partial charge is 0.390 e. The smallest absolute Gasteiger partial charge is 0.0613 e. The van der Waals surface area contributed by atoms with Crippen LogP contribution in [0.5, 0.6) is 0 Å². The molecular formula is C9H21NO2. The van der Waals surface area contributed by atoms with Crippen molar-refractivity contribution in [3.63, 3.8) is 0 Å². The van der Waals surface area contributed by atoms with Crippen molar-refractivity contribution in [2.45, 2.75) is 45.3 Å². The molecule has 74 valence electrons. The molecule has 0 amide bonds. The molecule has 0 fully saturated rings. The van der Waals surface area contributed by atoms with Crippen molar-refractivity contribution in [1.29, 1.82) is 0 Å². The van der Waals surface area contributed by atoms with Crippen molar-refractivity contribution in [3.8, 4) is 0 Å². The van der Waals surface area contributed by atoms with Gasteiger partial charge in [0, 0.05) is 6.61 Å². The van der Waals surface area contributed by atoms with Gasteiger partial charge in [-0.3, -0.25) is 0 Å². The van der Waals surface area contributed by atoms with Crippen LogP contribution in [0.4, 0.5) is 0 Å². The Morgan fingerprint density at radius 1 is 1.50 bits per heavy atom. The van der Waals surface area contributed by atoms with Crippen LogP contribution in [0.1, 0.15) is 33.6 Å². The minimum atomic E-state index is -0.623. The van der Waals surface area contributed by atoms with Crippen LogP contribution in [-0.4, -0.2) is 30.0 Å². The summed E-state index contributed by atoms with van der Waals surface area (Å²) in [6.07, 6.45) is 1.76. The van der Waals surface area contributed by atoms with E-state index in [4.69, 9.17) is 10.5 Å². The molecule has 0 aromatic rings. The molecule has 1 atom stereocenters. The molecule has 0 bridgehead atoms. The Morgan fingerprint density at radius 2 is 2.08 bits per heavy atom. The van der Waals surface area contributed by atoms with Gasteiger partial charge in [-0.2, -0.15) is 0 Å². The summed E-state index contributed by atoms with van der Waals surface area (Å²) >= 11 is 0. The van der Waals surface area contributed by atoms with Crippen LogP contribution in [0, 0.1) is 0 Å². The summed E-state index contributed by atoms with van der Waals surface area (Å²) in [5, 5.41) is 9.36. The fraction of sp³-hybridized carbons (Fsp3) is 1.00. The second-order valence-corrected chi connectivity index (χ2v) is 3.82. The van der Waals surface area contributed by atoms with Gasteiger partial charge in [0.1, 0.15) is 0 Å². The number of hydrogen-bond acceptors (Lipinski definition) is 3. The predicted octanol–water partition coefficient (Wildman–Crippen LogP) is 0.901. The second kappa shape index (κ2) is 5.51. The average molecular weight is 175 g/mol. The Bertz CT molecular complexity index is 110.